The largest absolute Gasteiger partial charge is 0.325 e. The van der Waals surface area contributed by atoms with Crippen LogP contribution in [0, 0.1) is 25.2 Å². The zero-order chi connectivity index (χ0) is 19.4. The fraction of sp³-hybridized carbons (Fsp3) is 0.250. The van der Waals surface area contributed by atoms with Crippen molar-refractivity contribution in [3.63, 3.8) is 0 Å². The predicted molar refractivity (Wildman–Crippen MR) is 109 cm³/mol. The van der Waals surface area contributed by atoms with Crippen LogP contribution in [0.5, 0.6) is 0 Å². The Balaban J connectivity index is 1.72. The fourth-order valence-electron chi connectivity index (χ4n) is 2.94. The highest BCUT2D eigenvalue weighted by Crippen LogP contribution is 2.37. The molecule has 7 heteroatoms. The van der Waals surface area contributed by atoms with Crippen molar-refractivity contribution in [3.8, 4) is 6.07 Å². The molecule has 2 N–H and O–H groups in total. The molecule has 0 fully saturated rings. The number of rotatable bonds is 5. The molecule has 0 aliphatic carbocycles. The molecule has 5 nitrogen and oxygen atoms in total. The lowest BCUT2D eigenvalue weighted by Crippen LogP contribution is -2.31. The van der Waals surface area contributed by atoms with Crippen molar-refractivity contribution < 1.29 is 9.59 Å². The van der Waals surface area contributed by atoms with Crippen LogP contribution in [0.3, 0.4) is 0 Å². The topological polar surface area (TPSA) is 82.0 Å². The minimum atomic E-state index is -0.242. The van der Waals surface area contributed by atoms with Crippen LogP contribution in [-0.2, 0) is 9.59 Å². The number of benzene rings is 1. The second-order valence-electron chi connectivity index (χ2n) is 6.33. The highest BCUT2D eigenvalue weighted by Gasteiger charge is 2.30. The summed E-state index contributed by atoms with van der Waals surface area (Å²) >= 11 is 2.72. The first-order valence-electron chi connectivity index (χ1n) is 8.45. The third-order valence-corrected chi connectivity index (χ3v) is 6.25. The van der Waals surface area contributed by atoms with Crippen LogP contribution in [-0.4, -0.2) is 17.6 Å². The number of anilines is 1. The zero-order valence-corrected chi connectivity index (χ0v) is 16.7. The average Bonchev–Trinajstić information content (AvgIpc) is 3.16. The lowest BCUT2D eigenvalue weighted by atomic mass is 9.93. The molecule has 2 aromatic rings. The summed E-state index contributed by atoms with van der Waals surface area (Å²) < 4.78 is 0. The predicted octanol–water partition coefficient (Wildman–Crippen LogP) is 4.08. The molecular formula is C20H19N3O2S2. The van der Waals surface area contributed by atoms with E-state index >= 15 is 0 Å². The highest BCUT2D eigenvalue weighted by atomic mass is 32.2. The number of allylic oxidation sites excluding steroid dienone is 1. The van der Waals surface area contributed by atoms with Gasteiger partial charge in [0.05, 0.1) is 22.4 Å². The third-order valence-electron chi connectivity index (χ3n) is 4.25. The number of nitrogens with one attached hydrogen (secondary N) is 2. The first-order valence-corrected chi connectivity index (χ1v) is 10.3. The lowest BCUT2D eigenvalue weighted by Gasteiger charge is -2.23. The van der Waals surface area contributed by atoms with Gasteiger partial charge in [-0.3, -0.25) is 9.59 Å². The third kappa shape index (κ3) is 4.59. The summed E-state index contributed by atoms with van der Waals surface area (Å²) in [5, 5.41) is 17.7. The number of carbonyl (C=O) groups excluding carboxylic acids is 2. The van der Waals surface area contributed by atoms with Gasteiger partial charge < -0.3 is 10.6 Å². The van der Waals surface area contributed by atoms with E-state index in [1.165, 1.54) is 23.1 Å². The highest BCUT2D eigenvalue weighted by molar-refractivity contribution is 8.03. The van der Waals surface area contributed by atoms with Gasteiger partial charge in [0.25, 0.3) is 0 Å². The molecule has 2 amide bonds. The maximum atomic E-state index is 12.3. The van der Waals surface area contributed by atoms with Crippen LogP contribution in [0.15, 0.2) is 46.3 Å². The van der Waals surface area contributed by atoms with Crippen LogP contribution in [0.1, 0.15) is 28.3 Å². The zero-order valence-electron chi connectivity index (χ0n) is 15.0. The quantitative estimate of drug-likeness (QED) is 0.797. The van der Waals surface area contributed by atoms with Gasteiger partial charge in [-0.1, -0.05) is 35.5 Å². The van der Waals surface area contributed by atoms with Gasteiger partial charge in [-0.25, -0.2) is 0 Å². The van der Waals surface area contributed by atoms with Gasteiger partial charge in [-0.05, 0) is 36.9 Å². The standard InChI is InChI=1S/C20H19N3O2S2/c1-12-5-6-16(13(2)8-12)22-19(25)11-27-20-15(10-21)14(9-18(24)23-20)17-4-3-7-26-17/h3-8,14H,9,11H2,1-2H3,(H,22,25)(H,23,24)/t14-/m0/s1. The van der Waals surface area contributed by atoms with Crippen LogP contribution < -0.4 is 10.6 Å². The summed E-state index contributed by atoms with van der Waals surface area (Å²) in [5.74, 6) is -0.437. The maximum absolute atomic E-state index is 12.3. The maximum Gasteiger partial charge on any atom is 0.234 e. The Hall–Kier alpha value is -2.56. The number of aryl methyl sites for hydroxylation is 2. The van der Waals surface area contributed by atoms with Crippen LogP contribution >= 0.6 is 23.1 Å². The molecular weight excluding hydrogens is 378 g/mol. The van der Waals surface area contributed by atoms with E-state index in [1.54, 1.807) is 0 Å². The van der Waals surface area contributed by atoms with Gasteiger partial charge in [0.1, 0.15) is 0 Å². The summed E-state index contributed by atoms with van der Waals surface area (Å²) in [6.45, 7) is 3.94. The first kappa shape index (κ1) is 19.2. The Bertz CT molecular complexity index is 943. The summed E-state index contributed by atoms with van der Waals surface area (Å²) in [6.07, 6.45) is 0.252. The molecule has 1 atom stereocenters. The van der Waals surface area contributed by atoms with E-state index in [9.17, 15) is 14.9 Å². The molecule has 0 spiro atoms. The van der Waals surface area contributed by atoms with Crippen molar-refractivity contribution in [2.24, 2.45) is 0 Å². The average molecular weight is 398 g/mol. The number of amides is 2. The molecule has 0 saturated carbocycles. The first-order chi connectivity index (χ1) is 13.0. The molecule has 138 valence electrons. The van der Waals surface area contributed by atoms with Crippen LogP contribution in [0.25, 0.3) is 0 Å². The van der Waals surface area contributed by atoms with Crippen molar-refractivity contribution in [1.82, 2.24) is 5.32 Å². The van der Waals surface area contributed by atoms with Crippen molar-refractivity contribution in [3.05, 3.63) is 62.3 Å². The molecule has 0 radical (unpaired) electrons. The fourth-order valence-corrected chi connectivity index (χ4v) is 4.66. The number of thioether (sulfide) groups is 1. The Kier molecular flexibility index (Phi) is 5.99. The second kappa shape index (κ2) is 8.42. The van der Waals surface area contributed by atoms with Crippen LogP contribution in [0.2, 0.25) is 0 Å². The van der Waals surface area contributed by atoms with Gasteiger partial charge in [0, 0.05) is 22.9 Å². The van der Waals surface area contributed by atoms with Gasteiger partial charge in [-0.2, -0.15) is 5.26 Å². The Labute approximate surface area is 166 Å². The SMILES string of the molecule is Cc1ccc(NC(=O)CSC2=C(C#N)[C@@H](c3cccs3)CC(=O)N2)c(C)c1. The van der Waals surface area contributed by atoms with Gasteiger partial charge >= 0.3 is 0 Å². The molecule has 27 heavy (non-hydrogen) atoms. The number of nitrogens with zero attached hydrogens (tertiary/aromatic N) is 1. The summed E-state index contributed by atoms with van der Waals surface area (Å²) in [5.41, 5.74) is 3.41. The van der Waals surface area contributed by atoms with Crippen molar-refractivity contribution in [2.75, 3.05) is 11.1 Å². The normalized spacial score (nSPS) is 16.6. The van der Waals surface area contributed by atoms with Crippen molar-refractivity contribution in [1.29, 1.82) is 5.26 Å². The number of hydrogen-bond donors (Lipinski definition) is 2. The van der Waals surface area contributed by atoms with E-state index in [0.717, 1.165) is 21.7 Å². The molecule has 3 rings (SSSR count). The molecule has 2 heterocycles. The van der Waals surface area contributed by atoms with Crippen LogP contribution in [0.4, 0.5) is 5.69 Å². The van der Waals surface area contributed by atoms with Crippen molar-refractivity contribution in [2.45, 2.75) is 26.2 Å². The van der Waals surface area contributed by atoms with Gasteiger partial charge in [0.2, 0.25) is 11.8 Å². The second-order valence-corrected chi connectivity index (χ2v) is 8.30. The molecule has 1 aliphatic heterocycles. The molecule has 1 aromatic carbocycles. The van der Waals surface area contributed by atoms with E-state index < -0.39 is 0 Å². The Morgan fingerprint density at radius 3 is 2.89 bits per heavy atom. The summed E-state index contributed by atoms with van der Waals surface area (Å²) in [7, 11) is 0. The molecule has 0 bridgehead atoms. The molecule has 0 saturated heterocycles. The minimum Gasteiger partial charge on any atom is -0.325 e. The lowest BCUT2D eigenvalue weighted by molar-refractivity contribution is -0.121. The summed E-state index contributed by atoms with van der Waals surface area (Å²) in [4.78, 5) is 25.4. The monoisotopic (exact) mass is 397 g/mol. The molecule has 1 aromatic heterocycles. The number of hydrogen-bond acceptors (Lipinski definition) is 5. The van der Waals surface area contributed by atoms with Crippen molar-refractivity contribution >= 4 is 40.6 Å². The van der Waals surface area contributed by atoms with Gasteiger partial charge in [0.15, 0.2) is 0 Å². The van der Waals surface area contributed by atoms with E-state index in [1.807, 2.05) is 49.6 Å². The van der Waals surface area contributed by atoms with E-state index in [4.69, 9.17) is 0 Å². The Morgan fingerprint density at radius 2 is 2.22 bits per heavy atom. The van der Waals surface area contributed by atoms with Gasteiger partial charge in [-0.15, -0.1) is 11.3 Å². The summed E-state index contributed by atoms with van der Waals surface area (Å²) in [6, 6.07) is 11.9. The van der Waals surface area contributed by atoms with E-state index in [0.29, 0.717) is 10.6 Å². The van der Waals surface area contributed by atoms with E-state index in [2.05, 4.69) is 16.7 Å². The number of thiophene rings is 1. The minimum absolute atomic E-state index is 0.116. The Morgan fingerprint density at radius 1 is 1.41 bits per heavy atom. The van der Waals surface area contributed by atoms with E-state index in [-0.39, 0.29) is 29.9 Å². The number of carbonyl (C=O) groups is 2. The molecule has 0 unspecified atom stereocenters. The number of nitriles is 1. The molecule has 1 aliphatic rings. The smallest absolute Gasteiger partial charge is 0.234 e.